The van der Waals surface area contributed by atoms with Gasteiger partial charge in [-0.25, -0.2) is 0 Å². The van der Waals surface area contributed by atoms with Crippen molar-refractivity contribution >= 4 is 22.8 Å². The highest BCUT2D eigenvalue weighted by molar-refractivity contribution is 5.98. The number of benzene rings is 1. The van der Waals surface area contributed by atoms with Gasteiger partial charge in [0, 0.05) is 23.9 Å². The van der Waals surface area contributed by atoms with Gasteiger partial charge in [-0.3, -0.25) is 9.59 Å². The standard InChI is InChI=1S/C14H14N2O4/c1-8(17)20-11-6-16(7-11)14(19)13-4-9-2-3-10(18)5-12(9)15-13/h2-5,11,15,18H,6-7H2,1H3. The van der Waals surface area contributed by atoms with E-state index in [1.54, 1.807) is 29.2 Å². The summed E-state index contributed by atoms with van der Waals surface area (Å²) in [5.41, 5.74) is 1.18. The van der Waals surface area contributed by atoms with E-state index >= 15 is 0 Å². The first-order valence-electron chi connectivity index (χ1n) is 6.31. The molecule has 1 aliphatic heterocycles. The lowest BCUT2D eigenvalue weighted by atomic mass is 10.1. The number of nitrogens with zero attached hydrogens (tertiary/aromatic N) is 1. The molecule has 1 saturated heterocycles. The van der Waals surface area contributed by atoms with Crippen LogP contribution in [0.25, 0.3) is 10.9 Å². The van der Waals surface area contributed by atoms with Crippen molar-refractivity contribution in [3.05, 3.63) is 30.0 Å². The maximum absolute atomic E-state index is 12.2. The third-order valence-electron chi connectivity index (χ3n) is 3.30. The van der Waals surface area contributed by atoms with Crippen LogP contribution in [0.2, 0.25) is 0 Å². The fourth-order valence-electron chi connectivity index (χ4n) is 2.31. The van der Waals surface area contributed by atoms with Gasteiger partial charge >= 0.3 is 5.97 Å². The Morgan fingerprint density at radius 1 is 1.35 bits per heavy atom. The Morgan fingerprint density at radius 2 is 2.10 bits per heavy atom. The molecule has 0 spiro atoms. The largest absolute Gasteiger partial charge is 0.508 e. The molecular weight excluding hydrogens is 260 g/mol. The fraction of sp³-hybridized carbons (Fsp3) is 0.286. The van der Waals surface area contributed by atoms with Crippen molar-refractivity contribution in [3.8, 4) is 5.75 Å². The number of esters is 1. The lowest BCUT2D eigenvalue weighted by molar-refractivity contribution is -0.152. The predicted molar refractivity (Wildman–Crippen MR) is 71.4 cm³/mol. The molecule has 1 aromatic heterocycles. The Hall–Kier alpha value is -2.50. The summed E-state index contributed by atoms with van der Waals surface area (Å²) in [4.78, 5) is 27.6. The molecule has 20 heavy (non-hydrogen) atoms. The molecule has 0 atom stereocenters. The molecule has 1 amide bonds. The molecule has 0 unspecified atom stereocenters. The zero-order valence-electron chi connectivity index (χ0n) is 10.9. The normalized spacial score (nSPS) is 15.2. The van der Waals surface area contributed by atoms with Gasteiger partial charge in [0.2, 0.25) is 0 Å². The second kappa shape index (κ2) is 4.56. The molecule has 2 aromatic rings. The Labute approximate surface area is 114 Å². The molecule has 104 valence electrons. The molecule has 2 heterocycles. The van der Waals surface area contributed by atoms with Crippen LogP contribution < -0.4 is 0 Å². The minimum Gasteiger partial charge on any atom is -0.508 e. The Kier molecular flexibility index (Phi) is 2.85. The van der Waals surface area contributed by atoms with Gasteiger partial charge in [-0.05, 0) is 18.2 Å². The number of ether oxygens (including phenoxy) is 1. The number of likely N-dealkylation sites (tertiary alicyclic amines) is 1. The van der Waals surface area contributed by atoms with Crippen molar-refractivity contribution in [2.75, 3.05) is 13.1 Å². The highest BCUT2D eigenvalue weighted by Gasteiger charge is 2.33. The number of carbonyl (C=O) groups is 2. The topological polar surface area (TPSA) is 82.6 Å². The maximum atomic E-state index is 12.2. The number of carbonyl (C=O) groups excluding carboxylic acids is 2. The van der Waals surface area contributed by atoms with Crippen LogP contribution >= 0.6 is 0 Å². The zero-order chi connectivity index (χ0) is 14.3. The number of aromatic hydroxyl groups is 1. The number of fused-ring (bicyclic) bond motifs is 1. The third-order valence-corrected chi connectivity index (χ3v) is 3.30. The number of aromatic nitrogens is 1. The first-order valence-corrected chi connectivity index (χ1v) is 6.31. The van der Waals surface area contributed by atoms with E-state index in [4.69, 9.17) is 4.74 Å². The number of amides is 1. The predicted octanol–water partition coefficient (Wildman–Crippen LogP) is 1.26. The lowest BCUT2D eigenvalue weighted by Crippen LogP contribution is -2.55. The molecule has 6 heteroatoms. The average molecular weight is 274 g/mol. The number of nitrogens with one attached hydrogen (secondary N) is 1. The van der Waals surface area contributed by atoms with E-state index in [-0.39, 0.29) is 23.7 Å². The van der Waals surface area contributed by atoms with E-state index in [1.807, 2.05) is 0 Å². The highest BCUT2D eigenvalue weighted by Crippen LogP contribution is 2.22. The van der Waals surface area contributed by atoms with Crippen LogP contribution in [0.3, 0.4) is 0 Å². The van der Waals surface area contributed by atoms with E-state index in [1.165, 1.54) is 6.92 Å². The van der Waals surface area contributed by atoms with Gasteiger partial charge < -0.3 is 19.7 Å². The zero-order valence-corrected chi connectivity index (χ0v) is 10.9. The minimum atomic E-state index is -0.330. The Morgan fingerprint density at radius 3 is 2.80 bits per heavy atom. The number of H-pyrrole nitrogens is 1. The van der Waals surface area contributed by atoms with Crippen molar-refractivity contribution in [3.63, 3.8) is 0 Å². The summed E-state index contributed by atoms with van der Waals surface area (Å²) in [6, 6.07) is 6.64. The number of rotatable bonds is 2. The SMILES string of the molecule is CC(=O)OC1CN(C(=O)c2cc3ccc(O)cc3[nH]2)C1. The number of phenols is 1. The van der Waals surface area contributed by atoms with Crippen LogP contribution in [0, 0.1) is 0 Å². The second-order valence-corrected chi connectivity index (χ2v) is 4.90. The van der Waals surface area contributed by atoms with Crippen LogP contribution in [0.4, 0.5) is 0 Å². The van der Waals surface area contributed by atoms with Crippen LogP contribution in [-0.2, 0) is 9.53 Å². The first kappa shape index (κ1) is 12.5. The van der Waals surface area contributed by atoms with E-state index in [0.29, 0.717) is 24.3 Å². The van der Waals surface area contributed by atoms with Gasteiger partial charge in [0.15, 0.2) is 0 Å². The van der Waals surface area contributed by atoms with E-state index in [2.05, 4.69) is 4.98 Å². The summed E-state index contributed by atoms with van der Waals surface area (Å²) in [5.74, 6) is -0.315. The summed E-state index contributed by atoms with van der Waals surface area (Å²) < 4.78 is 5.00. The summed E-state index contributed by atoms with van der Waals surface area (Å²) in [7, 11) is 0. The summed E-state index contributed by atoms with van der Waals surface area (Å²) in [5, 5.41) is 10.3. The number of aromatic amines is 1. The van der Waals surface area contributed by atoms with Gasteiger partial charge in [0.05, 0.1) is 13.1 Å². The van der Waals surface area contributed by atoms with Gasteiger partial charge in [0.25, 0.3) is 5.91 Å². The lowest BCUT2D eigenvalue weighted by Gasteiger charge is -2.37. The first-order chi connectivity index (χ1) is 9.52. The molecule has 1 fully saturated rings. The summed E-state index contributed by atoms with van der Waals surface area (Å²) in [6.07, 6.45) is -0.204. The quantitative estimate of drug-likeness (QED) is 0.808. The molecule has 2 N–H and O–H groups in total. The molecule has 1 aromatic carbocycles. The number of hydrogen-bond donors (Lipinski definition) is 2. The monoisotopic (exact) mass is 274 g/mol. The van der Waals surface area contributed by atoms with Gasteiger partial charge in [0.1, 0.15) is 17.5 Å². The summed E-state index contributed by atoms with van der Waals surface area (Å²) in [6.45, 7) is 2.19. The molecule has 0 bridgehead atoms. The van der Waals surface area contributed by atoms with Gasteiger partial charge in [-0.2, -0.15) is 0 Å². The molecular formula is C14H14N2O4. The maximum Gasteiger partial charge on any atom is 0.303 e. The second-order valence-electron chi connectivity index (χ2n) is 4.90. The fourth-order valence-corrected chi connectivity index (χ4v) is 2.31. The number of phenolic OH excluding ortho intramolecular Hbond substituents is 1. The number of hydrogen-bond acceptors (Lipinski definition) is 4. The third kappa shape index (κ3) is 2.20. The Bertz CT molecular complexity index is 686. The van der Waals surface area contributed by atoms with E-state index in [9.17, 15) is 14.7 Å². The molecule has 1 aliphatic rings. The van der Waals surface area contributed by atoms with Crippen LogP contribution in [0.1, 0.15) is 17.4 Å². The van der Waals surface area contributed by atoms with Crippen LogP contribution in [0.5, 0.6) is 5.75 Å². The van der Waals surface area contributed by atoms with Gasteiger partial charge in [-0.15, -0.1) is 0 Å². The van der Waals surface area contributed by atoms with Crippen molar-refractivity contribution in [2.24, 2.45) is 0 Å². The molecule has 6 nitrogen and oxygen atoms in total. The average Bonchev–Trinajstić information content (AvgIpc) is 2.75. The molecule has 0 radical (unpaired) electrons. The van der Waals surface area contributed by atoms with Crippen molar-refractivity contribution < 1.29 is 19.4 Å². The Balaban J connectivity index is 1.72. The molecule has 0 saturated carbocycles. The molecule has 3 rings (SSSR count). The smallest absolute Gasteiger partial charge is 0.303 e. The minimum absolute atomic E-state index is 0.135. The van der Waals surface area contributed by atoms with Gasteiger partial charge in [-0.1, -0.05) is 0 Å². The van der Waals surface area contributed by atoms with Crippen molar-refractivity contribution in [2.45, 2.75) is 13.0 Å². The highest BCUT2D eigenvalue weighted by atomic mass is 16.5. The van der Waals surface area contributed by atoms with Crippen molar-refractivity contribution in [1.82, 2.24) is 9.88 Å². The van der Waals surface area contributed by atoms with Crippen LogP contribution in [-0.4, -0.2) is 46.1 Å². The summed E-state index contributed by atoms with van der Waals surface area (Å²) >= 11 is 0. The van der Waals surface area contributed by atoms with Crippen LogP contribution in [0.15, 0.2) is 24.3 Å². The van der Waals surface area contributed by atoms with E-state index < -0.39 is 0 Å². The van der Waals surface area contributed by atoms with E-state index in [0.717, 1.165) is 5.39 Å². The van der Waals surface area contributed by atoms with Crippen molar-refractivity contribution in [1.29, 1.82) is 0 Å². The molecule has 0 aliphatic carbocycles.